The third-order valence-corrected chi connectivity index (χ3v) is 6.82. The van der Waals surface area contributed by atoms with Gasteiger partial charge in [0.05, 0.1) is 17.5 Å². The molecule has 0 saturated carbocycles. The Kier molecular flexibility index (Phi) is 8.08. The van der Waals surface area contributed by atoms with Gasteiger partial charge >= 0.3 is 12.3 Å². The van der Waals surface area contributed by atoms with E-state index in [1.165, 1.54) is 30.3 Å². The number of esters is 1. The topological polar surface area (TPSA) is 47.9 Å². The van der Waals surface area contributed by atoms with Gasteiger partial charge in [-0.1, -0.05) is 66.2 Å². The van der Waals surface area contributed by atoms with Gasteiger partial charge in [-0.25, -0.2) is 8.78 Å². The summed E-state index contributed by atoms with van der Waals surface area (Å²) in [5.41, 5.74) is 2.42. The number of hydrogen-bond donors (Lipinski definition) is 0. The minimum atomic E-state index is -4.79. The Morgan fingerprint density at radius 1 is 0.878 bits per heavy atom. The highest BCUT2D eigenvalue weighted by Crippen LogP contribution is 2.39. The lowest BCUT2D eigenvalue weighted by Crippen LogP contribution is -2.22. The van der Waals surface area contributed by atoms with Gasteiger partial charge in [0.2, 0.25) is 0 Å². The first-order valence-electron chi connectivity index (χ1n) is 12.5. The molecule has 0 fully saturated rings. The molecule has 4 nitrogen and oxygen atoms in total. The standard InChI is InChI=1S/C31H21ClF5NO3/c32-22-4-1-3-18(15-22)17-40-30(39)24-16-27(28-25(33)5-2-6-26(28)34)38-29(24)21-9-7-19(8-10-21)20-11-13-23(14-12-20)41-31(35,36)37/h1-15,24,29H,16-17H2/t24-,29?/m0/s1. The molecular formula is C31H21ClF5NO3. The fourth-order valence-corrected chi connectivity index (χ4v) is 4.91. The van der Waals surface area contributed by atoms with Crippen LogP contribution >= 0.6 is 11.6 Å². The molecule has 5 rings (SSSR count). The number of alkyl halides is 3. The Bertz CT molecular complexity index is 1570. The van der Waals surface area contributed by atoms with E-state index in [1.54, 1.807) is 48.5 Å². The lowest BCUT2D eigenvalue weighted by molar-refractivity contribution is -0.274. The van der Waals surface area contributed by atoms with E-state index in [1.807, 2.05) is 0 Å². The fourth-order valence-electron chi connectivity index (χ4n) is 4.70. The number of benzene rings is 4. The van der Waals surface area contributed by atoms with E-state index < -0.39 is 35.9 Å². The first-order chi connectivity index (χ1) is 19.6. The summed E-state index contributed by atoms with van der Waals surface area (Å²) in [7, 11) is 0. The van der Waals surface area contributed by atoms with Crippen molar-refractivity contribution in [2.45, 2.75) is 25.4 Å². The molecule has 1 aliphatic heterocycles. The summed E-state index contributed by atoms with van der Waals surface area (Å²) in [6, 6.07) is 21.8. The van der Waals surface area contributed by atoms with Crippen molar-refractivity contribution in [2.75, 3.05) is 0 Å². The molecule has 0 saturated heterocycles. The van der Waals surface area contributed by atoms with Crippen molar-refractivity contribution in [3.05, 3.63) is 124 Å². The zero-order chi connectivity index (χ0) is 29.1. The minimum Gasteiger partial charge on any atom is -0.461 e. The van der Waals surface area contributed by atoms with Gasteiger partial charge in [-0.2, -0.15) is 0 Å². The smallest absolute Gasteiger partial charge is 0.461 e. The Labute approximate surface area is 237 Å². The SMILES string of the molecule is O=C(OCc1cccc(Cl)c1)[C@H]1CC(c2c(F)cccc2F)=NC1c1ccc(-c2ccc(OC(F)(F)F)cc2)cc1. The molecule has 0 radical (unpaired) electrons. The molecular weight excluding hydrogens is 565 g/mol. The van der Waals surface area contributed by atoms with E-state index in [0.29, 0.717) is 27.3 Å². The van der Waals surface area contributed by atoms with Crippen LogP contribution in [-0.4, -0.2) is 18.0 Å². The van der Waals surface area contributed by atoms with Crippen LogP contribution in [-0.2, 0) is 16.1 Å². The summed E-state index contributed by atoms with van der Waals surface area (Å²) >= 11 is 6.02. The number of carbonyl (C=O) groups is 1. The highest BCUT2D eigenvalue weighted by atomic mass is 35.5. The van der Waals surface area contributed by atoms with E-state index in [9.17, 15) is 26.7 Å². The maximum atomic E-state index is 14.6. The minimum absolute atomic E-state index is 0.0423. The first kappa shape index (κ1) is 28.3. The van der Waals surface area contributed by atoms with Crippen molar-refractivity contribution in [1.29, 1.82) is 0 Å². The van der Waals surface area contributed by atoms with Crippen LogP contribution in [0.25, 0.3) is 11.1 Å². The van der Waals surface area contributed by atoms with E-state index in [2.05, 4.69) is 9.73 Å². The van der Waals surface area contributed by atoms with Crippen molar-refractivity contribution in [2.24, 2.45) is 10.9 Å². The molecule has 4 aromatic rings. The summed E-state index contributed by atoms with van der Waals surface area (Å²) in [4.78, 5) is 17.8. The average Bonchev–Trinajstić information content (AvgIpc) is 3.36. The van der Waals surface area contributed by atoms with Crippen LogP contribution in [0.4, 0.5) is 22.0 Å². The first-order valence-corrected chi connectivity index (χ1v) is 12.8. The van der Waals surface area contributed by atoms with Gasteiger partial charge in [0.25, 0.3) is 0 Å². The molecule has 0 N–H and O–H groups in total. The maximum absolute atomic E-state index is 14.6. The molecule has 10 heteroatoms. The zero-order valence-electron chi connectivity index (χ0n) is 21.2. The molecule has 1 unspecified atom stereocenters. The summed E-state index contributed by atoms with van der Waals surface area (Å²) in [5, 5.41) is 0.487. The predicted molar refractivity (Wildman–Crippen MR) is 144 cm³/mol. The Balaban J connectivity index is 1.40. The van der Waals surface area contributed by atoms with Crippen LogP contribution in [0.5, 0.6) is 5.75 Å². The summed E-state index contributed by atoms with van der Waals surface area (Å²) < 4.78 is 76.1. The van der Waals surface area contributed by atoms with Crippen molar-refractivity contribution in [3.63, 3.8) is 0 Å². The van der Waals surface area contributed by atoms with E-state index in [0.717, 1.165) is 12.1 Å². The highest BCUT2D eigenvalue weighted by Gasteiger charge is 2.39. The second-order valence-electron chi connectivity index (χ2n) is 9.36. The third kappa shape index (κ3) is 6.74. The number of halogens is 6. The Hall–Kier alpha value is -4.24. The van der Waals surface area contributed by atoms with Crippen LogP contribution in [0, 0.1) is 17.6 Å². The van der Waals surface area contributed by atoms with Gasteiger partial charge in [-0.3, -0.25) is 9.79 Å². The van der Waals surface area contributed by atoms with Gasteiger partial charge in [0, 0.05) is 17.2 Å². The Morgan fingerprint density at radius 2 is 1.49 bits per heavy atom. The van der Waals surface area contributed by atoms with Gasteiger partial charge < -0.3 is 9.47 Å². The molecule has 0 amide bonds. The maximum Gasteiger partial charge on any atom is 0.573 e. The fraction of sp³-hybridized carbons (Fsp3) is 0.161. The molecule has 1 heterocycles. The zero-order valence-corrected chi connectivity index (χ0v) is 21.9. The molecule has 41 heavy (non-hydrogen) atoms. The summed E-state index contributed by atoms with van der Waals surface area (Å²) in [6.45, 7) is -0.0427. The predicted octanol–water partition coefficient (Wildman–Crippen LogP) is 8.48. The number of rotatable bonds is 7. The molecule has 210 valence electrons. The largest absolute Gasteiger partial charge is 0.573 e. The molecule has 0 aromatic heterocycles. The van der Waals surface area contributed by atoms with Crippen LogP contribution in [0.1, 0.15) is 29.2 Å². The molecule has 0 spiro atoms. The van der Waals surface area contributed by atoms with Crippen LogP contribution in [0.2, 0.25) is 5.02 Å². The van der Waals surface area contributed by atoms with Gasteiger partial charge in [-0.05, 0) is 58.7 Å². The van der Waals surface area contributed by atoms with E-state index in [4.69, 9.17) is 16.3 Å². The van der Waals surface area contributed by atoms with Crippen LogP contribution in [0.15, 0.2) is 96.0 Å². The third-order valence-electron chi connectivity index (χ3n) is 6.59. The van der Waals surface area contributed by atoms with Crippen molar-refractivity contribution < 1.29 is 36.2 Å². The van der Waals surface area contributed by atoms with Gasteiger partial charge in [0.15, 0.2) is 0 Å². The Morgan fingerprint density at radius 3 is 2.10 bits per heavy atom. The van der Waals surface area contributed by atoms with Gasteiger partial charge in [0.1, 0.15) is 24.0 Å². The monoisotopic (exact) mass is 585 g/mol. The quantitative estimate of drug-likeness (QED) is 0.161. The average molecular weight is 586 g/mol. The van der Waals surface area contributed by atoms with Crippen molar-refractivity contribution >= 4 is 23.3 Å². The number of aliphatic imine (C=N–C) groups is 1. The number of carbonyl (C=O) groups excluding carboxylic acids is 1. The lowest BCUT2D eigenvalue weighted by Gasteiger charge is -2.18. The highest BCUT2D eigenvalue weighted by molar-refractivity contribution is 6.30. The van der Waals surface area contributed by atoms with Crippen molar-refractivity contribution in [1.82, 2.24) is 0 Å². The van der Waals surface area contributed by atoms with E-state index >= 15 is 0 Å². The molecule has 4 aromatic carbocycles. The number of nitrogens with zero attached hydrogens (tertiary/aromatic N) is 1. The molecule has 0 bridgehead atoms. The normalized spacial score (nSPS) is 16.8. The van der Waals surface area contributed by atoms with Crippen molar-refractivity contribution in [3.8, 4) is 16.9 Å². The second-order valence-corrected chi connectivity index (χ2v) is 9.80. The van der Waals surface area contributed by atoms with Gasteiger partial charge in [-0.15, -0.1) is 13.2 Å². The second kappa shape index (κ2) is 11.7. The molecule has 2 atom stereocenters. The lowest BCUT2D eigenvalue weighted by atomic mass is 9.90. The molecule has 1 aliphatic rings. The van der Waals surface area contributed by atoms with Crippen LogP contribution in [0.3, 0.4) is 0 Å². The summed E-state index contributed by atoms with van der Waals surface area (Å²) in [5.74, 6) is -3.36. The number of hydrogen-bond acceptors (Lipinski definition) is 4. The van der Waals surface area contributed by atoms with E-state index in [-0.39, 0.29) is 30.1 Å². The van der Waals surface area contributed by atoms with Crippen LogP contribution < -0.4 is 4.74 Å². The summed E-state index contributed by atoms with van der Waals surface area (Å²) in [6.07, 6.45) is -4.83. The molecule has 0 aliphatic carbocycles. The number of ether oxygens (including phenoxy) is 2.